The molecule has 240 valence electrons. The van der Waals surface area contributed by atoms with Gasteiger partial charge in [-0.15, -0.1) is 11.3 Å². The van der Waals surface area contributed by atoms with E-state index in [0.29, 0.717) is 0 Å². The van der Waals surface area contributed by atoms with Crippen molar-refractivity contribution in [2.45, 2.75) is 0 Å². The van der Waals surface area contributed by atoms with E-state index in [4.69, 9.17) is 0 Å². The van der Waals surface area contributed by atoms with Crippen LogP contribution in [0.1, 0.15) is 0 Å². The van der Waals surface area contributed by atoms with Crippen LogP contribution in [-0.4, -0.2) is 4.57 Å². The lowest BCUT2D eigenvalue weighted by Crippen LogP contribution is -2.09. The molecule has 2 nitrogen and oxygen atoms in total. The van der Waals surface area contributed by atoms with E-state index in [0.717, 1.165) is 17.1 Å². The van der Waals surface area contributed by atoms with Crippen molar-refractivity contribution >= 4 is 70.4 Å². The molecule has 2 aromatic heterocycles. The van der Waals surface area contributed by atoms with Crippen molar-refractivity contribution in [3.05, 3.63) is 194 Å². The smallest absolute Gasteiger partial charge is 0.0541 e. The van der Waals surface area contributed by atoms with Gasteiger partial charge in [-0.25, -0.2) is 0 Å². The zero-order valence-electron chi connectivity index (χ0n) is 27.8. The fraction of sp³-hybridized carbons (Fsp3) is 0. The number of benzene rings is 8. The standard InChI is InChI=1S/C48H32N2S/c1-3-11-33(12-4-1)35-19-23-37(24-20-35)49(38-25-21-36(22-26-38)34-13-5-2-6-14-34)39-28-30-47-44(31-39)43-29-27-40(32-48(43)51-47)50-45-17-9-7-15-41(45)42-16-8-10-18-46(42)50/h1-32H. The van der Waals surface area contributed by atoms with Crippen LogP contribution in [0.3, 0.4) is 0 Å². The van der Waals surface area contributed by atoms with E-state index in [1.165, 1.54) is 69.9 Å². The lowest BCUT2D eigenvalue weighted by Gasteiger charge is -2.26. The SMILES string of the molecule is c1ccc(-c2ccc(N(c3ccc(-c4ccccc4)cc3)c3ccc4sc5cc(-n6c7ccccc7c7ccccc76)ccc5c4c3)cc2)cc1. The predicted molar refractivity (Wildman–Crippen MR) is 219 cm³/mol. The first kappa shape index (κ1) is 29.5. The Kier molecular flexibility index (Phi) is 7.04. The zero-order valence-corrected chi connectivity index (χ0v) is 28.6. The Labute approximate surface area is 300 Å². The van der Waals surface area contributed by atoms with Crippen molar-refractivity contribution < 1.29 is 0 Å². The van der Waals surface area contributed by atoms with Crippen LogP contribution in [0.5, 0.6) is 0 Å². The molecule has 0 aliphatic heterocycles. The van der Waals surface area contributed by atoms with E-state index in [1.807, 2.05) is 11.3 Å². The largest absolute Gasteiger partial charge is 0.310 e. The Morgan fingerprint density at radius 3 is 1.39 bits per heavy atom. The maximum atomic E-state index is 2.40. The molecular formula is C48H32N2S. The van der Waals surface area contributed by atoms with Gasteiger partial charge in [0.15, 0.2) is 0 Å². The summed E-state index contributed by atoms with van der Waals surface area (Å²) >= 11 is 1.86. The third kappa shape index (κ3) is 5.10. The lowest BCUT2D eigenvalue weighted by molar-refractivity contribution is 1.19. The minimum Gasteiger partial charge on any atom is -0.310 e. The van der Waals surface area contributed by atoms with Crippen molar-refractivity contribution in [1.29, 1.82) is 0 Å². The number of anilines is 3. The Balaban J connectivity index is 1.09. The quantitative estimate of drug-likeness (QED) is 0.171. The third-order valence-corrected chi connectivity index (χ3v) is 11.1. The number of rotatable bonds is 6. The monoisotopic (exact) mass is 668 g/mol. The highest BCUT2D eigenvalue weighted by Gasteiger charge is 2.17. The molecular weight excluding hydrogens is 637 g/mol. The van der Waals surface area contributed by atoms with Crippen LogP contribution >= 0.6 is 11.3 Å². The Hall–Kier alpha value is -6.42. The summed E-state index contributed by atoms with van der Waals surface area (Å²) in [6.45, 7) is 0. The molecule has 0 N–H and O–H groups in total. The molecule has 0 aliphatic carbocycles. The third-order valence-electron chi connectivity index (χ3n) is 10.0. The van der Waals surface area contributed by atoms with Gasteiger partial charge in [-0.2, -0.15) is 0 Å². The average Bonchev–Trinajstić information content (AvgIpc) is 3.74. The number of para-hydroxylation sites is 2. The summed E-state index contributed by atoms with van der Waals surface area (Å²) in [6.07, 6.45) is 0. The summed E-state index contributed by atoms with van der Waals surface area (Å²) < 4.78 is 4.97. The van der Waals surface area contributed by atoms with Crippen LogP contribution in [0.2, 0.25) is 0 Å². The molecule has 10 aromatic rings. The van der Waals surface area contributed by atoms with E-state index in [2.05, 4.69) is 204 Å². The van der Waals surface area contributed by atoms with E-state index in [9.17, 15) is 0 Å². The van der Waals surface area contributed by atoms with Crippen LogP contribution < -0.4 is 4.90 Å². The molecule has 0 unspecified atom stereocenters. The van der Waals surface area contributed by atoms with Gasteiger partial charge >= 0.3 is 0 Å². The molecule has 0 bridgehead atoms. The molecule has 0 saturated carbocycles. The van der Waals surface area contributed by atoms with Gasteiger partial charge in [0.2, 0.25) is 0 Å². The fourth-order valence-corrected chi connectivity index (χ4v) is 8.67. The molecule has 0 atom stereocenters. The topological polar surface area (TPSA) is 8.17 Å². The number of hydrogen-bond acceptors (Lipinski definition) is 2. The van der Waals surface area contributed by atoms with Crippen LogP contribution in [0.15, 0.2) is 194 Å². The second-order valence-corrected chi connectivity index (χ2v) is 14.1. The molecule has 0 fully saturated rings. The van der Waals surface area contributed by atoms with Crippen LogP contribution in [-0.2, 0) is 0 Å². The molecule has 10 rings (SSSR count). The number of hydrogen-bond donors (Lipinski definition) is 0. The van der Waals surface area contributed by atoms with Crippen molar-refractivity contribution in [3.8, 4) is 27.9 Å². The molecule has 0 radical (unpaired) electrons. The molecule has 0 aliphatic rings. The van der Waals surface area contributed by atoms with Crippen LogP contribution in [0.25, 0.3) is 69.9 Å². The van der Waals surface area contributed by atoms with Crippen molar-refractivity contribution in [2.24, 2.45) is 0 Å². The minimum atomic E-state index is 1.12. The normalized spacial score (nSPS) is 11.5. The van der Waals surface area contributed by atoms with Gasteiger partial charge in [-0.1, -0.05) is 127 Å². The molecule has 0 spiro atoms. The predicted octanol–water partition coefficient (Wildman–Crippen LogP) is 14.0. The van der Waals surface area contributed by atoms with Crippen LogP contribution in [0, 0.1) is 0 Å². The number of nitrogens with zero attached hydrogens (tertiary/aromatic N) is 2. The number of aromatic nitrogens is 1. The first-order chi connectivity index (χ1) is 25.3. The highest BCUT2D eigenvalue weighted by Crippen LogP contribution is 2.42. The summed E-state index contributed by atoms with van der Waals surface area (Å²) in [5, 5.41) is 5.11. The summed E-state index contributed by atoms with van der Waals surface area (Å²) in [5.74, 6) is 0. The summed E-state index contributed by atoms with van der Waals surface area (Å²) in [7, 11) is 0. The van der Waals surface area contributed by atoms with Gasteiger partial charge in [0.1, 0.15) is 0 Å². The molecule has 51 heavy (non-hydrogen) atoms. The highest BCUT2D eigenvalue weighted by atomic mass is 32.1. The van der Waals surface area contributed by atoms with Crippen molar-refractivity contribution in [1.82, 2.24) is 4.57 Å². The summed E-state index contributed by atoms with van der Waals surface area (Å²) in [5.41, 5.74) is 11.9. The fourth-order valence-electron chi connectivity index (χ4n) is 7.55. The van der Waals surface area contributed by atoms with Gasteiger partial charge in [-0.3, -0.25) is 0 Å². The Bertz CT molecular complexity index is 2690. The molecule has 2 heterocycles. The molecule has 0 amide bonds. The second kappa shape index (κ2) is 12.2. The van der Waals surface area contributed by atoms with Crippen molar-refractivity contribution in [2.75, 3.05) is 4.90 Å². The van der Waals surface area contributed by atoms with E-state index in [1.54, 1.807) is 0 Å². The number of thiophene rings is 1. The second-order valence-electron chi connectivity index (χ2n) is 13.0. The van der Waals surface area contributed by atoms with Gasteiger partial charge in [0.05, 0.1) is 11.0 Å². The molecule has 3 heteroatoms. The average molecular weight is 669 g/mol. The van der Waals surface area contributed by atoms with Gasteiger partial charge in [0, 0.05) is 53.7 Å². The summed E-state index contributed by atoms with van der Waals surface area (Å²) in [6, 6.07) is 70.3. The van der Waals surface area contributed by atoms with Crippen molar-refractivity contribution in [3.63, 3.8) is 0 Å². The first-order valence-corrected chi connectivity index (χ1v) is 18.2. The molecule has 0 saturated heterocycles. The summed E-state index contributed by atoms with van der Waals surface area (Å²) in [4.78, 5) is 2.37. The number of fused-ring (bicyclic) bond motifs is 6. The highest BCUT2D eigenvalue weighted by molar-refractivity contribution is 7.25. The lowest BCUT2D eigenvalue weighted by atomic mass is 10.0. The van der Waals surface area contributed by atoms with Gasteiger partial charge < -0.3 is 9.47 Å². The minimum absolute atomic E-state index is 1.12. The maximum Gasteiger partial charge on any atom is 0.0541 e. The van der Waals surface area contributed by atoms with E-state index >= 15 is 0 Å². The van der Waals surface area contributed by atoms with E-state index in [-0.39, 0.29) is 0 Å². The van der Waals surface area contributed by atoms with Gasteiger partial charge in [-0.05, 0) is 89.0 Å². The Morgan fingerprint density at radius 1 is 0.333 bits per heavy atom. The van der Waals surface area contributed by atoms with Crippen LogP contribution in [0.4, 0.5) is 17.1 Å². The first-order valence-electron chi connectivity index (χ1n) is 17.3. The Morgan fingerprint density at radius 2 is 0.824 bits per heavy atom. The van der Waals surface area contributed by atoms with E-state index < -0.39 is 0 Å². The maximum absolute atomic E-state index is 2.40. The molecule has 8 aromatic carbocycles. The van der Waals surface area contributed by atoms with Gasteiger partial charge in [0.25, 0.3) is 0 Å². The zero-order chi connectivity index (χ0) is 33.7.